The number of amides is 1. The van der Waals surface area contributed by atoms with Crippen molar-refractivity contribution >= 4 is 51.7 Å². The van der Waals surface area contributed by atoms with Crippen LogP contribution in [-0.4, -0.2) is 56.9 Å². The molecule has 2 saturated heterocycles. The van der Waals surface area contributed by atoms with Gasteiger partial charge in [0.1, 0.15) is 15.8 Å². The summed E-state index contributed by atoms with van der Waals surface area (Å²) in [5.74, 6) is 0.458. The maximum atomic E-state index is 13.6. The number of pyridine rings is 1. The van der Waals surface area contributed by atoms with Crippen molar-refractivity contribution in [1.82, 2.24) is 14.3 Å². The van der Waals surface area contributed by atoms with Gasteiger partial charge in [-0.1, -0.05) is 43.9 Å². The summed E-state index contributed by atoms with van der Waals surface area (Å²) in [6, 6.07) is 3.79. The predicted molar refractivity (Wildman–Crippen MR) is 138 cm³/mol. The topological polar surface area (TPSA) is 67.2 Å². The van der Waals surface area contributed by atoms with Gasteiger partial charge in [0.25, 0.3) is 11.5 Å². The Bertz CT molecular complexity index is 1150. The lowest BCUT2D eigenvalue weighted by atomic mass is 10.2. The number of carbonyl (C=O) groups excluding carboxylic acids is 1. The first-order valence-corrected chi connectivity index (χ1v) is 12.8. The Morgan fingerprint density at radius 1 is 1.30 bits per heavy atom. The summed E-state index contributed by atoms with van der Waals surface area (Å²) >= 11 is 6.75. The zero-order valence-electron chi connectivity index (χ0n) is 19.4. The molecule has 2 aromatic heterocycles. The molecule has 4 heterocycles. The molecule has 0 bridgehead atoms. The summed E-state index contributed by atoms with van der Waals surface area (Å²) in [5, 5.41) is 0. The van der Waals surface area contributed by atoms with Crippen LogP contribution in [0, 0.1) is 6.92 Å². The first-order chi connectivity index (χ1) is 15.9. The van der Waals surface area contributed by atoms with Crippen LogP contribution in [0.5, 0.6) is 0 Å². The van der Waals surface area contributed by atoms with Crippen molar-refractivity contribution in [2.75, 3.05) is 31.1 Å². The van der Waals surface area contributed by atoms with E-state index in [9.17, 15) is 9.59 Å². The lowest BCUT2D eigenvalue weighted by Gasteiger charge is -2.25. The summed E-state index contributed by atoms with van der Waals surface area (Å²) in [4.78, 5) is 36.0. The number of fused-ring (bicyclic) bond motifs is 1. The lowest BCUT2D eigenvalue weighted by molar-refractivity contribution is -0.123. The fraction of sp³-hybridized carbons (Fsp3) is 0.500. The third kappa shape index (κ3) is 4.85. The Kier molecular flexibility index (Phi) is 7.51. The number of rotatable bonds is 8. The predicted octanol–water partition coefficient (Wildman–Crippen LogP) is 4.01. The number of thiocarbonyl (C=S) groups is 1. The van der Waals surface area contributed by atoms with Crippen LogP contribution < -0.4 is 10.5 Å². The number of nitrogens with zero attached hydrogens (tertiary/aromatic N) is 4. The number of thioether (sulfide) groups is 1. The highest BCUT2D eigenvalue weighted by Crippen LogP contribution is 2.34. The van der Waals surface area contributed by atoms with Crippen LogP contribution >= 0.6 is 24.0 Å². The van der Waals surface area contributed by atoms with Gasteiger partial charge in [-0.2, -0.15) is 0 Å². The molecule has 1 amide bonds. The largest absolute Gasteiger partial charge is 0.376 e. The van der Waals surface area contributed by atoms with Crippen molar-refractivity contribution in [1.29, 1.82) is 0 Å². The summed E-state index contributed by atoms with van der Waals surface area (Å²) < 4.78 is 7.77. The second kappa shape index (κ2) is 10.4. The number of carbonyl (C=O) groups is 1. The van der Waals surface area contributed by atoms with Gasteiger partial charge in [-0.15, -0.1) is 0 Å². The fourth-order valence-corrected chi connectivity index (χ4v) is 5.57. The minimum Gasteiger partial charge on any atom is -0.376 e. The Morgan fingerprint density at radius 2 is 2.06 bits per heavy atom. The Balaban J connectivity index is 1.80. The van der Waals surface area contributed by atoms with Crippen LogP contribution in [0.1, 0.15) is 50.7 Å². The van der Waals surface area contributed by atoms with Crippen LogP contribution in [0.4, 0.5) is 5.82 Å². The zero-order chi connectivity index (χ0) is 23.5. The van der Waals surface area contributed by atoms with Crippen LogP contribution in [0.3, 0.4) is 0 Å². The smallest absolute Gasteiger partial charge is 0.267 e. The minimum atomic E-state index is -0.180. The molecule has 1 atom stereocenters. The minimum absolute atomic E-state index is 0.0166. The molecular weight excluding hydrogens is 456 g/mol. The SMILES string of the molecule is CCCN(CCC)c1nc2c(C)cccn2c(=O)c1/C=C1\SC(=S)N(CC2CCCO2)C1=O. The van der Waals surface area contributed by atoms with Crippen LogP contribution in [0.15, 0.2) is 28.0 Å². The Morgan fingerprint density at radius 3 is 2.73 bits per heavy atom. The molecule has 0 saturated carbocycles. The molecule has 0 spiro atoms. The van der Waals surface area contributed by atoms with E-state index in [1.807, 2.05) is 19.1 Å². The molecule has 0 aliphatic carbocycles. The van der Waals surface area contributed by atoms with E-state index in [1.165, 1.54) is 11.8 Å². The van der Waals surface area contributed by atoms with Gasteiger partial charge in [-0.25, -0.2) is 4.98 Å². The lowest BCUT2D eigenvalue weighted by Crippen LogP contribution is -2.35. The van der Waals surface area contributed by atoms with Gasteiger partial charge in [-0.3, -0.25) is 18.9 Å². The van der Waals surface area contributed by atoms with E-state index in [-0.39, 0.29) is 17.6 Å². The average Bonchev–Trinajstić information content (AvgIpc) is 3.40. The van der Waals surface area contributed by atoms with Crippen molar-refractivity contribution in [3.63, 3.8) is 0 Å². The average molecular weight is 487 g/mol. The van der Waals surface area contributed by atoms with Gasteiger partial charge in [0.2, 0.25) is 0 Å². The van der Waals surface area contributed by atoms with Crippen LogP contribution in [0.25, 0.3) is 11.7 Å². The molecule has 4 rings (SSSR count). The number of hydrogen-bond donors (Lipinski definition) is 0. The standard InChI is InChI=1S/C24H30N4O3S2/c1-4-10-26(11-5-2)21-18(22(29)27-12-6-8-16(3)20(27)25-21)14-19-23(30)28(24(32)33-19)15-17-9-7-13-31-17/h6,8,12,14,17H,4-5,7,9-11,13,15H2,1-3H3/b19-14-. The molecule has 2 fully saturated rings. The summed E-state index contributed by atoms with van der Waals surface area (Å²) in [6.07, 6.45) is 7.22. The number of aromatic nitrogens is 2. The molecule has 9 heteroatoms. The van der Waals surface area contributed by atoms with Crippen molar-refractivity contribution in [2.45, 2.75) is 52.6 Å². The molecule has 2 aliphatic rings. The normalized spacial score (nSPS) is 19.9. The fourth-order valence-electron chi connectivity index (χ4n) is 4.31. The van der Waals surface area contributed by atoms with E-state index in [4.69, 9.17) is 21.9 Å². The highest BCUT2D eigenvalue weighted by atomic mass is 32.2. The molecule has 33 heavy (non-hydrogen) atoms. The summed E-state index contributed by atoms with van der Waals surface area (Å²) in [7, 11) is 0. The maximum absolute atomic E-state index is 13.6. The second-order valence-electron chi connectivity index (χ2n) is 8.45. The third-order valence-corrected chi connectivity index (χ3v) is 7.29. The quantitative estimate of drug-likeness (QED) is 0.413. The maximum Gasteiger partial charge on any atom is 0.267 e. The summed E-state index contributed by atoms with van der Waals surface area (Å²) in [5.41, 5.74) is 1.81. The number of aryl methyl sites for hydroxylation is 1. The van der Waals surface area contributed by atoms with Gasteiger partial charge in [0.15, 0.2) is 0 Å². The van der Waals surface area contributed by atoms with Crippen molar-refractivity contribution in [2.24, 2.45) is 0 Å². The highest BCUT2D eigenvalue weighted by molar-refractivity contribution is 8.26. The number of hydrogen-bond acceptors (Lipinski definition) is 7. The molecule has 0 radical (unpaired) electrons. The van der Waals surface area contributed by atoms with Crippen molar-refractivity contribution in [3.8, 4) is 0 Å². The van der Waals surface area contributed by atoms with E-state index in [0.29, 0.717) is 32.8 Å². The highest BCUT2D eigenvalue weighted by Gasteiger charge is 2.35. The molecular formula is C24H30N4O3S2. The van der Waals surface area contributed by atoms with E-state index < -0.39 is 0 Å². The number of anilines is 1. The molecule has 7 nitrogen and oxygen atoms in total. The van der Waals surface area contributed by atoms with E-state index in [0.717, 1.165) is 50.9 Å². The molecule has 2 aromatic rings. The molecule has 2 aliphatic heterocycles. The van der Waals surface area contributed by atoms with E-state index in [2.05, 4.69) is 18.7 Å². The van der Waals surface area contributed by atoms with Crippen LogP contribution in [0.2, 0.25) is 0 Å². The van der Waals surface area contributed by atoms with Gasteiger partial charge in [0.05, 0.1) is 23.1 Å². The van der Waals surface area contributed by atoms with Crippen LogP contribution in [-0.2, 0) is 9.53 Å². The Hall–Kier alpha value is -2.23. The van der Waals surface area contributed by atoms with Crippen molar-refractivity contribution < 1.29 is 9.53 Å². The molecule has 0 N–H and O–H groups in total. The van der Waals surface area contributed by atoms with Gasteiger partial charge in [0, 0.05) is 25.9 Å². The third-order valence-electron chi connectivity index (χ3n) is 5.91. The first kappa shape index (κ1) is 23.9. The number of ether oxygens (including phenoxy) is 1. The molecule has 0 aromatic carbocycles. The van der Waals surface area contributed by atoms with Gasteiger partial charge < -0.3 is 9.64 Å². The zero-order valence-corrected chi connectivity index (χ0v) is 21.0. The summed E-state index contributed by atoms with van der Waals surface area (Å²) in [6.45, 7) is 8.91. The molecule has 1 unspecified atom stereocenters. The Labute approximate surface area is 203 Å². The van der Waals surface area contributed by atoms with E-state index >= 15 is 0 Å². The molecule has 176 valence electrons. The van der Waals surface area contributed by atoms with Gasteiger partial charge >= 0.3 is 0 Å². The monoisotopic (exact) mass is 486 g/mol. The van der Waals surface area contributed by atoms with Crippen molar-refractivity contribution in [3.05, 3.63) is 44.7 Å². The van der Waals surface area contributed by atoms with Gasteiger partial charge in [-0.05, 0) is 50.3 Å². The van der Waals surface area contributed by atoms with E-state index in [1.54, 1.807) is 21.6 Å². The first-order valence-electron chi connectivity index (χ1n) is 11.6. The second-order valence-corrected chi connectivity index (χ2v) is 10.1.